The van der Waals surface area contributed by atoms with Crippen molar-refractivity contribution in [2.24, 2.45) is 0 Å². The Labute approximate surface area is 93.4 Å². The van der Waals surface area contributed by atoms with Crippen LogP contribution in [-0.2, 0) is 6.61 Å². The van der Waals surface area contributed by atoms with E-state index in [4.69, 9.17) is 5.11 Å². The van der Waals surface area contributed by atoms with Gasteiger partial charge in [-0.05, 0) is 30.7 Å². The zero-order valence-electron chi connectivity index (χ0n) is 8.94. The summed E-state index contributed by atoms with van der Waals surface area (Å²) in [4.78, 5) is 4.12. The Bertz CT molecular complexity index is 494. The number of aromatic nitrogens is 1. The summed E-state index contributed by atoms with van der Waals surface area (Å²) in [6, 6.07) is 8.37. The lowest BCUT2D eigenvalue weighted by atomic mass is 10.1. The first-order valence-corrected chi connectivity index (χ1v) is 5.03. The third-order valence-corrected chi connectivity index (χ3v) is 2.41. The molecule has 0 aliphatic rings. The van der Waals surface area contributed by atoms with Gasteiger partial charge in [0.2, 0.25) is 0 Å². The van der Waals surface area contributed by atoms with Gasteiger partial charge in [-0.1, -0.05) is 17.7 Å². The van der Waals surface area contributed by atoms with Gasteiger partial charge in [0.1, 0.15) is 5.82 Å². The van der Waals surface area contributed by atoms with Crippen LogP contribution in [0.1, 0.15) is 11.1 Å². The molecule has 1 heterocycles. The Morgan fingerprint density at radius 2 is 2.06 bits per heavy atom. The van der Waals surface area contributed by atoms with Gasteiger partial charge in [0.05, 0.1) is 12.3 Å². The second-order valence-corrected chi connectivity index (χ2v) is 3.69. The zero-order chi connectivity index (χ0) is 11.5. The van der Waals surface area contributed by atoms with Crippen molar-refractivity contribution in [3.63, 3.8) is 0 Å². The minimum absolute atomic E-state index is 0.0520. The molecule has 2 nitrogen and oxygen atoms in total. The third-order valence-electron chi connectivity index (χ3n) is 2.41. The Kier molecular flexibility index (Phi) is 2.97. The molecule has 0 fully saturated rings. The number of nitrogens with zero attached hydrogens (tertiary/aromatic N) is 1. The molecule has 0 amide bonds. The second kappa shape index (κ2) is 4.41. The molecular weight excluding hydrogens is 205 g/mol. The van der Waals surface area contributed by atoms with Crippen molar-refractivity contribution in [1.29, 1.82) is 0 Å². The Hall–Kier alpha value is -1.74. The van der Waals surface area contributed by atoms with Crippen molar-refractivity contribution in [2.75, 3.05) is 0 Å². The van der Waals surface area contributed by atoms with Crippen molar-refractivity contribution >= 4 is 0 Å². The molecule has 0 bridgehead atoms. The molecule has 1 aromatic carbocycles. The van der Waals surface area contributed by atoms with Crippen LogP contribution in [0.2, 0.25) is 0 Å². The van der Waals surface area contributed by atoms with Gasteiger partial charge in [0.25, 0.3) is 0 Å². The lowest BCUT2D eigenvalue weighted by molar-refractivity contribution is 0.281. The van der Waals surface area contributed by atoms with Crippen LogP contribution >= 0.6 is 0 Å². The summed E-state index contributed by atoms with van der Waals surface area (Å²) in [5.41, 5.74) is 2.78. The van der Waals surface area contributed by atoms with Crippen LogP contribution in [0.4, 0.5) is 4.39 Å². The maximum Gasteiger partial charge on any atom is 0.132 e. The van der Waals surface area contributed by atoms with Crippen LogP contribution in [-0.4, -0.2) is 10.1 Å². The molecule has 0 unspecified atom stereocenters. The first kappa shape index (κ1) is 10.8. The van der Waals surface area contributed by atoms with Crippen LogP contribution in [0.15, 0.2) is 36.5 Å². The van der Waals surface area contributed by atoms with Crippen molar-refractivity contribution in [3.05, 3.63) is 53.5 Å². The molecule has 0 spiro atoms. The van der Waals surface area contributed by atoms with Crippen molar-refractivity contribution in [2.45, 2.75) is 13.5 Å². The van der Waals surface area contributed by atoms with Gasteiger partial charge in [-0.2, -0.15) is 0 Å². The molecule has 0 aliphatic heterocycles. The molecule has 0 radical (unpaired) electrons. The molecule has 16 heavy (non-hydrogen) atoms. The molecule has 0 saturated carbocycles. The SMILES string of the molecule is Cc1ccc(F)c(-c2ccc(CO)cn2)c1. The number of hydrogen-bond donors (Lipinski definition) is 1. The number of pyridine rings is 1. The van der Waals surface area contributed by atoms with Gasteiger partial charge < -0.3 is 5.11 Å². The summed E-state index contributed by atoms with van der Waals surface area (Å²) in [5, 5.41) is 8.88. The van der Waals surface area contributed by atoms with E-state index in [9.17, 15) is 4.39 Å². The van der Waals surface area contributed by atoms with Crippen LogP contribution in [0.5, 0.6) is 0 Å². The fourth-order valence-corrected chi connectivity index (χ4v) is 1.51. The van der Waals surface area contributed by atoms with Crippen LogP contribution < -0.4 is 0 Å². The van der Waals surface area contributed by atoms with Crippen molar-refractivity contribution < 1.29 is 9.50 Å². The standard InChI is InChI=1S/C13H12FNO/c1-9-2-4-12(14)11(6-9)13-5-3-10(8-16)7-15-13/h2-7,16H,8H2,1H3. The normalized spacial score (nSPS) is 10.4. The van der Waals surface area contributed by atoms with E-state index in [2.05, 4.69) is 4.98 Å². The Morgan fingerprint density at radius 3 is 2.69 bits per heavy atom. The number of aliphatic hydroxyl groups is 1. The summed E-state index contributed by atoms with van der Waals surface area (Å²) in [7, 11) is 0. The summed E-state index contributed by atoms with van der Waals surface area (Å²) in [6.07, 6.45) is 1.55. The summed E-state index contributed by atoms with van der Waals surface area (Å²) in [6.45, 7) is 1.86. The van der Waals surface area contributed by atoms with E-state index >= 15 is 0 Å². The molecule has 0 aliphatic carbocycles. The maximum absolute atomic E-state index is 13.5. The highest BCUT2D eigenvalue weighted by molar-refractivity contribution is 5.60. The zero-order valence-corrected chi connectivity index (χ0v) is 8.94. The van der Waals surface area contributed by atoms with E-state index in [0.29, 0.717) is 11.3 Å². The van der Waals surface area contributed by atoms with Gasteiger partial charge in [0.15, 0.2) is 0 Å². The number of aryl methyl sites for hydroxylation is 1. The first-order chi connectivity index (χ1) is 7.70. The van der Waals surface area contributed by atoms with Gasteiger partial charge in [-0.3, -0.25) is 4.98 Å². The highest BCUT2D eigenvalue weighted by Gasteiger charge is 2.06. The highest BCUT2D eigenvalue weighted by Crippen LogP contribution is 2.22. The lowest BCUT2D eigenvalue weighted by Crippen LogP contribution is -1.91. The topological polar surface area (TPSA) is 33.1 Å². The lowest BCUT2D eigenvalue weighted by Gasteiger charge is -2.04. The molecular formula is C13H12FNO. The van der Waals surface area contributed by atoms with Gasteiger partial charge in [-0.25, -0.2) is 4.39 Å². The van der Waals surface area contributed by atoms with E-state index in [1.54, 1.807) is 30.5 Å². The number of halogens is 1. The molecule has 1 aromatic heterocycles. The smallest absolute Gasteiger partial charge is 0.132 e. The molecule has 82 valence electrons. The van der Waals surface area contributed by atoms with Gasteiger partial charge in [0, 0.05) is 11.8 Å². The largest absolute Gasteiger partial charge is 0.392 e. The van der Waals surface area contributed by atoms with E-state index in [-0.39, 0.29) is 12.4 Å². The Balaban J connectivity index is 2.45. The van der Waals surface area contributed by atoms with Crippen molar-refractivity contribution in [3.8, 4) is 11.3 Å². The van der Waals surface area contributed by atoms with E-state index in [0.717, 1.165) is 11.1 Å². The maximum atomic E-state index is 13.5. The molecule has 0 saturated heterocycles. The molecule has 2 aromatic rings. The minimum Gasteiger partial charge on any atom is -0.392 e. The fraction of sp³-hybridized carbons (Fsp3) is 0.154. The van der Waals surface area contributed by atoms with Crippen molar-refractivity contribution in [1.82, 2.24) is 4.98 Å². The Morgan fingerprint density at radius 1 is 1.25 bits per heavy atom. The first-order valence-electron chi connectivity index (χ1n) is 5.03. The third kappa shape index (κ3) is 2.09. The van der Waals surface area contributed by atoms with Crippen LogP contribution in [0, 0.1) is 12.7 Å². The van der Waals surface area contributed by atoms with E-state index < -0.39 is 0 Å². The van der Waals surface area contributed by atoms with E-state index in [1.807, 2.05) is 6.92 Å². The number of benzene rings is 1. The quantitative estimate of drug-likeness (QED) is 0.839. The molecule has 0 atom stereocenters. The average Bonchev–Trinajstić information content (AvgIpc) is 2.32. The summed E-state index contributed by atoms with van der Waals surface area (Å²) < 4.78 is 13.5. The van der Waals surface area contributed by atoms with Crippen LogP contribution in [0.3, 0.4) is 0 Å². The van der Waals surface area contributed by atoms with Gasteiger partial charge in [-0.15, -0.1) is 0 Å². The molecule has 1 N–H and O–H groups in total. The minimum atomic E-state index is -0.283. The number of hydrogen-bond acceptors (Lipinski definition) is 2. The average molecular weight is 217 g/mol. The highest BCUT2D eigenvalue weighted by atomic mass is 19.1. The summed E-state index contributed by atoms with van der Waals surface area (Å²) in [5.74, 6) is -0.283. The predicted octanol–water partition coefficient (Wildman–Crippen LogP) is 2.69. The second-order valence-electron chi connectivity index (χ2n) is 3.69. The fourth-order valence-electron chi connectivity index (χ4n) is 1.51. The monoisotopic (exact) mass is 217 g/mol. The summed E-state index contributed by atoms with van der Waals surface area (Å²) >= 11 is 0. The van der Waals surface area contributed by atoms with Gasteiger partial charge >= 0.3 is 0 Å². The van der Waals surface area contributed by atoms with Crippen LogP contribution in [0.25, 0.3) is 11.3 Å². The number of rotatable bonds is 2. The predicted molar refractivity (Wildman–Crippen MR) is 60.3 cm³/mol. The molecule has 3 heteroatoms. The van der Waals surface area contributed by atoms with E-state index in [1.165, 1.54) is 6.07 Å². The molecule has 2 rings (SSSR count). The number of aliphatic hydroxyl groups excluding tert-OH is 1.